The van der Waals surface area contributed by atoms with Crippen molar-refractivity contribution in [2.75, 3.05) is 0 Å². The number of aromatic nitrogens is 6. The maximum atomic E-state index is 9.49. The number of hydrogen-bond acceptors (Lipinski definition) is 13. The van der Waals surface area contributed by atoms with Gasteiger partial charge in [-0.1, -0.05) is 194 Å². The van der Waals surface area contributed by atoms with Crippen molar-refractivity contribution in [2.24, 2.45) is 0 Å². The van der Waals surface area contributed by atoms with Gasteiger partial charge >= 0.3 is 7.12 Å². The van der Waals surface area contributed by atoms with E-state index in [0.29, 0.717) is 25.0 Å². The van der Waals surface area contributed by atoms with E-state index in [2.05, 4.69) is 247 Å². The highest BCUT2D eigenvalue weighted by Gasteiger charge is 2.24. The summed E-state index contributed by atoms with van der Waals surface area (Å²) in [5.41, 5.74) is 16.4. The van der Waals surface area contributed by atoms with Crippen molar-refractivity contribution in [1.82, 2.24) is 29.5 Å². The molecule has 0 aliphatic carbocycles. The minimum absolute atomic E-state index is 0.115. The molecule has 0 unspecified atom stereocenters. The first-order valence-electron chi connectivity index (χ1n) is 33.8. The average Bonchev–Trinajstić information content (AvgIpc) is 1.41. The Hall–Kier alpha value is -7.87. The van der Waals surface area contributed by atoms with E-state index in [1.807, 2.05) is 160 Å². The summed E-state index contributed by atoms with van der Waals surface area (Å²) in [6, 6.07) is 67.3. The molecule has 11 rings (SSSR count). The lowest BCUT2D eigenvalue weighted by Crippen LogP contribution is -2.29. The monoisotopic (exact) mass is 1970 g/mol. The van der Waals surface area contributed by atoms with E-state index >= 15 is 0 Å². The Balaban J connectivity index is 0.000000269. The van der Waals surface area contributed by atoms with Crippen LogP contribution in [0.4, 0.5) is 0 Å². The summed E-state index contributed by atoms with van der Waals surface area (Å²) < 4.78 is 9.89. The molecule has 0 radical (unpaired) electrons. The first-order valence-corrected chi connectivity index (χ1v) is 40.8. The molecule has 0 atom stereocenters. The number of halogens is 8. The molecule has 9 aromatic carbocycles. The Kier molecular flexibility index (Phi) is 39.0. The van der Waals surface area contributed by atoms with Crippen molar-refractivity contribution in [2.45, 2.75) is 142 Å². The lowest BCUT2D eigenvalue weighted by molar-refractivity contribution is 0.425. The Morgan fingerprint density at radius 1 is 0.367 bits per heavy atom. The molecule has 0 aliphatic heterocycles. The highest BCUT2D eigenvalue weighted by molar-refractivity contribution is 9.11. The summed E-state index contributed by atoms with van der Waals surface area (Å²) in [7, 11) is -1.46. The molecule has 0 amide bonds. The van der Waals surface area contributed by atoms with E-state index in [9.17, 15) is 15.6 Å². The number of rotatable bonds is 13. The maximum Gasteiger partial charge on any atom is 0.488 e. The van der Waals surface area contributed by atoms with Gasteiger partial charge in [0, 0.05) is 37.5 Å². The average molecular weight is 1980 g/mol. The first-order chi connectivity index (χ1) is 51.2. The maximum absolute atomic E-state index is 9.49. The van der Waals surface area contributed by atoms with E-state index in [1.54, 1.807) is 34.2 Å². The number of nitrogens with zero attached hydrogens (tertiary/aromatic N) is 11. The summed E-state index contributed by atoms with van der Waals surface area (Å²) >= 11 is 27.4. The summed E-state index contributed by atoms with van der Waals surface area (Å²) in [5.74, 6) is 0.347. The smallest absolute Gasteiger partial charge is 0.488 e. The molecule has 0 spiro atoms. The predicted octanol–water partition coefficient (Wildman–Crippen LogP) is 22.7. The lowest BCUT2D eigenvalue weighted by atomic mass is 9.80. The molecule has 24 heteroatoms. The number of phenolic OH excluding ortho intramolecular Hbond substituents is 2. The minimum Gasteiger partial charge on any atom is -0.508 e. The number of phenols is 2. The van der Waals surface area contributed by atoms with Crippen molar-refractivity contribution >= 4 is 140 Å². The summed E-state index contributed by atoms with van der Waals surface area (Å²) in [4.78, 5) is 7.88. The fourth-order valence-corrected chi connectivity index (χ4v) is 14.3. The van der Waals surface area contributed by atoms with Crippen molar-refractivity contribution in [1.29, 1.82) is 26.3 Å². The molecule has 11 aromatic rings. The number of alkyl halides is 2. The molecule has 0 aliphatic rings. The van der Waals surface area contributed by atoms with Crippen LogP contribution >= 0.6 is 127 Å². The predicted molar refractivity (Wildman–Crippen MR) is 467 cm³/mol. The minimum atomic E-state index is -1.46. The quantitative estimate of drug-likeness (QED) is 0.0619. The Morgan fingerprint density at radius 3 is 1.04 bits per heavy atom. The number of nitriles is 5. The first kappa shape index (κ1) is 93.5. The van der Waals surface area contributed by atoms with Crippen LogP contribution in [0.15, 0.2) is 228 Å². The summed E-state index contributed by atoms with van der Waals surface area (Å²) in [6.45, 7) is 26.9. The van der Waals surface area contributed by atoms with Crippen molar-refractivity contribution in [3.8, 4) is 53.0 Å². The molecule has 564 valence electrons. The highest BCUT2D eigenvalue weighted by atomic mass is 79.9. The van der Waals surface area contributed by atoms with Gasteiger partial charge in [-0.25, -0.2) is 19.3 Å². The molecule has 0 bridgehead atoms. The third-order valence-electron chi connectivity index (χ3n) is 16.0. The molecule has 15 nitrogen and oxygen atoms in total. The van der Waals surface area contributed by atoms with Crippen LogP contribution in [0.25, 0.3) is 11.1 Å². The van der Waals surface area contributed by atoms with Gasteiger partial charge in [-0.05, 0) is 294 Å². The molecule has 0 fully saturated rings. The second kappa shape index (κ2) is 45.5. The van der Waals surface area contributed by atoms with Gasteiger partial charge in [-0.3, -0.25) is 0 Å². The van der Waals surface area contributed by atoms with E-state index in [-0.39, 0.29) is 11.5 Å². The van der Waals surface area contributed by atoms with E-state index in [4.69, 9.17) is 30.9 Å². The van der Waals surface area contributed by atoms with Crippen LogP contribution in [0.3, 0.4) is 0 Å². The third kappa shape index (κ3) is 33.7. The van der Waals surface area contributed by atoms with Crippen molar-refractivity contribution in [3.63, 3.8) is 0 Å². The van der Waals surface area contributed by atoms with Crippen molar-refractivity contribution in [3.05, 3.63) is 306 Å². The van der Waals surface area contributed by atoms with Crippen molar-refractivity contribution < 1.29 is 20.3 Å². The fraction of sp³-hybridized carbons (Fsp3) is 0.259. The molecule has 109 heavy (non-hydrogen) atoms. The molecule has 0 saturated carbocycles. The Morgan fingerprint density at radius 2 is 0.679 bits per heavy atom. The molecule has 4 N–H and O–H groups in total. The Bertz CT molecular complexity index is 4850. The zero-order valence-electron chi connectivity index (χ0n) is 62.9. The number of hydrogen-bond donors (Lipinski definition) is 4. The van der Waals surface area contributed by atoms with Crippen LogP contribution in [0.1, 0.15) is 133 Å². The third-order valence-corrected chi connectivity index (χ3v) is 20.0. The van der Waals surface area contributed by atoms with Gasteiger partial charge in [0.15, 0.2) is 0 Å². The largest absolute Gasteiger partial charge is 0.508 e. The van der Waals surface area contributed by atoms with Gasteiger partial charge in [0.05, 0.1) is 71.5 Å². The fourth-order valence-electron chi connectivity index (χ4n) is 9.97. The topological polar surface area (TPSA) is 261 Å². The zero-order valence-corrected chi connectivity index (χ0v) is 75.6. The number of benzene rings is 9. The number of aromatic hydroxyl groups is 2. The van der Waals surface area contributed by atoms with Gasteiger partial charge in [0.1, 0.15) is 36.8 Å². The SMILES string of the molecule is CC(C)(C#N)c1cc(Br)cc(CBr)c1.CC(C)(C#N)c1cc(Br)cc(Cn2cncn2)c1.CC(C)(C#N)c1cc(Cn2cncn2)cc(-c2ccc(O)cc2)c1.Cc1cc(Br)cc(C(C)(C)C#N)c1.Cc1cc(Br)cc(CBr)c1.Cc1cc(Br)cc(CC#N)c1.Cc1cc(C)cc(Br)c1.OB(O)c1ccc(O)cc1. The molecule has 0 saturated heterocycles. The highest BCUT2D eigenvalue weighted by Crippen LogP contribution is 2.33. The van der Waals surface area contributed by atoms with E-state index < -0.39 is 28.8 Å². The van der Waals surface area contributed by atoms with Gasteiger partial charge in [-0.15, -0.1) is 0 Å². The van der Waals surface area contributed by atoms with Crippen LogP contribution in [-0.2, 0) is 51.8 Å². The van der Waals surface area contributed by atoms with Crippen LogP contribution in [0.5, 0.6) is 11.5 Å². The standard InChI is InChI=1S/C19H18N4O.C13H13BrN4.C11H11Br2N.C11H12BrN.C9H8BrN.C8H8Br2.C8H9Br.C6H7BO3/c1-19(2,11-20)17-8-14(10-23-13-21-12-22-23)7-16(9-17)15-3-5-18(24)6-4-15;1-13(2,7-15)11-3-10(4-12(14)5-11)6-18-9-16-8-17-18;1-11(2,7-14)9-3-8(6-12)4-10(13)5-9;1-8-4-9(6-10(12)5-8)11(2,3)7-13;1-7-4-8(2-3-11)6-9(10)5-7;1-6-2-7(5-9)4-8(10)3-6;1-6-3-7(2)5-8(9)4-6;8-6-3-1-5(2-4-6)7(9)10/h3-9,12-13,24H,10H2,1-2H3;3-5,8-9H,6H2,1-2H3;3-5H,6H2,1-2H3;4-6H,1-3H3;4-6H,2H2,1H3;2-4H,5H2,1H3;3-5H,1-2H3;1-4,8-10H. The molecular weight excluding hydrogens is 1890 g/mol. The lowest BCUT2D eigenvalue weighted by Gasteiger charge is -2.19. The van der Waals surface area contributed by atoms with Crippen LogP contribution in [0.2, 0.25) is 0 Å². The van der Waals surface area contributed by atoms with E-state index in [1.165, 1.54) is 80.3 Å². The second-order valence-corrected chi connectivity index (χ2v) is 34.1. The van der Waals surface area contributed by atoms with Gasteiger partial charge in [-0.2, -0.15) is 36.5 Å². The van der Waals surface area contributed by atoms with Crippen LogP contribution in [-0.4, -0.2) is 56.9 Å². The van der Waals surface area contributed by atoms with Gasteiger partial charge in [0.2, 0.25) is 0 Å². The normalized spacial score (nSPS) is 10.6. The van der Waals surface area contributed by atoms with E-state index in [0.717, 1.165) is 83.1 Å². The summed E-state index contributed by atoms with van der Waals surface area (Å²) in [5, 5.41) is 90.5. The molecular formula is C85H86BBr8N11O4. The van der Waals surface area contributed by atoms with Gasteiger partial charge in [0.25, 0.3) is 0 Å². The summed E-state index contributed by atoms with van der Waals surface area (Å²) in [6.07, 6.45) is 6.85. The van der Waals surface area contributed by atoms with Crippen LogP contribution in [0, 0.1) is 91.3 Å². The zero-order chi connectivity index (χ0) is 81.4. The molecule has 2 aromatic heterocycles. The van der Waals surface area contributed by atoms with Gasteiger partial charge < -0.3 is 20.3 Å². The second-order valence-electron chi connectivity index (χ2n) is 27.5. The van der Waals surface area contributed by atoms with Crippen LogP contribution < -0.4 is 5.46 Å². The Labute approximate surface area is 710 Å². The number of aryl methyl sites for hydroxylation is 5. The molecule has 2 heterocycles.